The highest BCUT2D eigenvalue weighted by atomic mass is 32.1. The van der Waals surface area contributed by atoms with Gasteiger partial charge in [0.2, 0.25) is 5.91 Å². The predicted octanol–water partition coefficient (Wildman–Crippen LogP) is 1.53. The summed E-state index contributed by atoms with van der Waals surface area (Å²) in [5, 5.41) is 5.02. The third-order valence-corrected chi connectivity index (χ3v) is 5.81. The SMILES string of the molecule is CN1C(=O)[C@@H](CC(=O)NCc2csc3c2CCCC3)N(C)C1=O. The minimum Gasteiger partial charge on any atom is -0.352 e. The summed E-state index contributed by atoms with van der Waals surface area (Å²) >= 11 is 1.77. The highest BCUT2D eigenvalue weighted by molar-refractivity contribution is 7.10. The zero-order chi connectivity index (χ0) is 16.6. The third-order valence-electron chi connectivity index (χ3n) is 4.67. The van der Waals surface area contributed by atoms with Gasteiger partial charge >= 0.3 is 6.03 Å². The molecule has 3 rings (SSSR count). The molecule has 2 aliphatic rings. The lowest BCUT2D eigenvalue weighted by atomic mass is 9.96. The summed E-state index contributed by atoms with van der Waals surface area (Å²) in [6.45, 7) is 0.499. The Kier molecular flexibility index (Phi) is 4.39. The van der Waals surface area contributed by atoms with Crippen molar-refractivity contribution in [3.8, 4) is 0 Å². The Morgan fingerprint density at radius 3 is 2.74 bits per heavy atom. The molecule has 23 heavy (non-hydrogen) atoms. The molecule has 2 heterocycles. The molecule has 1 aliphatic heterocycles. The van der Waals surface area contributed by atoms with Crippen LogP contribution in [0.15, 0.2) is 5.38 Å². The van der Waals surface area contributed by atoms with E-state index < -0.39 is 6.04 Å². The van der Waals surface area contributed by atoms with Crippen molar-refractivity contribution in [3.05, 3.63) is 21.4 Å². The summed E-state index contributed by atoms with van der Waals surface area (Å²) in [7, 11) is 2.99. The van der Waals surface area contributed by atoms with Crippen LogP contribution in [-0.4, -0.2) is 47.8 Å². The Morgan fingerprint density at radius 1 is 1.30 bits per heavy atom. The lowest BCUT2D eigenvalue weighted by Crippen LogP contribution is -2.37. The van der Waals surface area contributed by atoms with Crippen molar-refractivity contribution >= 4 is 29.2 Å². The number of fused-ring (bicyclic) bond motifs is 1. The van der Waals surface area contributed by atoms with Crippen LogP contribution in [0.25, 0.3) is 0 Å². The van der Waals surface area contributed by atoms with Gasteiger partial charge < -0.3 is 10.2 Å². The molecule has 1 N–H and O–H groups in total. The lowest BCUT2D eigenvalue weighted by molar-refractivity contribution is -0.131. The van der Waals surface area contributed by atoms with Crippen molar-refractivity contribution in [1.29, 1.82) is 0 Å². The van der Waals surface area contributed by atoms with Gasteiger partial charge in [-0.2, -0.15) is 0 Å². The number of hydrogen-bond donors (Lipinski definition) is 1. The maximum absolute atomic E-state index is 12.2. The number of thiophene rings is 1. The Labute approximate surface area is 139 Å². The number of hydrogen-bond acceptors (Lipinski definition) is 4. The van der Waals surface area contributed by atoms with E-state index in [1.165, 1.54) is 40.8 Å². The van der Waals surface area contributed by atoms with Gasteiger partial charge in [0.15, 0.2) is 0 Å². The number of nitrogens with zero attached hydrogens (tertiary/aromatic N) is 2. The van der Waals surface area contributed by atoms with Gasteiger partial charge in [-0.1, -0.05) is 0 Å². The second-order valence-corrected chi connectivity index (χ2v) is 7.12. The van der Waals surface area contributed by atoms with Crippen molar-refractivity contribution in [1.82, 2.24) is 15.1 Å². The zero-order valence-electron chi connectivity index (χ0n) is 13.4. The van der Waals surface area contributed by atoms with E-state index in [1.54, 1.807) is 18.4 Å². The number of amides is 4. The molecule has 0 bridgehead atoms. The smallest absolute Gasteiger partial charge is 0.326 e. The average molecular weight is 335 g/mol. The molecule has 4 amide bonds. The van der Waals surface area contributed by atoms with Gasteiger partial charge in [0.05, 0.1) is 6.42 Å². The molecule has 0 aromatic carbocycles. The summed E-state index contributed by atoms with van der Waals surface area (Å²) in [6, 6.07) is -1.05. The van der Waals surface area contributed by atoms with E-state index in [1.807, 2.05) is 0 Å². The van der Waals surface area contributed by atoms with Crippen molar-refractivity contribution in [2.24, 2.45) is 0 Å². The van der Waals surface area contributed by atoms with Crippen molar-refractivity contribution in [2.75, 3.05) is 14.1 Å². The van der Waals surface area contributed by atoms with Crippen LogP contribution in [0.1, 0.15) is 35.3 Å². The fourth-order valence-electron chi connectivity index (χ4n) is 3.23. The molecule has 1 fully saturated rings. The molecule has 0 radical (unpaired) electrons. The molecule has 1 saturated heterocycles. The molecule has 0 saturated carbocycles. The number of imide groups is 1. The zero-order valence-corrected chi connectivity index (χ0v) is 14.2. The topological polar surface area (TPSA) is 69.7 Å². The minimum atomic E-state index is -0.691. The first kappa shape index (κ1) is 16.0. The summed E-state index contributed by atoms with van der Waals surface area (Å²) in [6.07, 6.45) is 4.70. The fourth-order valence-corrected chi connectivity index (χ4v) is 4.38. The largest absolute Gasteiger partial charge is 0.352 e. The number of nitrogens with one attached hydrogen (secondary N) is 1. The van der Waals surface area contributed by atoms with Crippen LogP contribution in [0.2, 0.25) is 0 Å². The first-order chi connectivity index (χ1) is 11.0. The summed E-state index contributed by atoms with van der Waals surface area (Å²) in [5.41, 5.74) is 2.59. The van der Waals surface area contributed by atoms with Gasteiger partial charge in [0.1, 0.15) is 6.04 Å². The maximum Gasteiger partial charge on any atom is 0.326 e. The van der Waals surface area contributed by atoms with E-state index in [2.05, 4.69) is 10.7 Å². The molecule has 1 aliphatic carbocycles. The van der Waals surface area contributed by atoms with E-state index in [0.717, 1.165) is 17.7 Å². The summed E-state index contributed by atoms with van der Waals surface area (Å²) < 4.78 is 0. The summed E-state index contributed by atoms with van der Waals surface area (Å²) in [5.74, 6) is -0.519. The Balaban J connectivity index is 1.57. The van der Waals surface area contributed by atoms with Crippen LogP contribution in [0.3, 0.4) is 0 Å². The maximum atomic E-state index is 12.2. The molecule has 0 unspecified atom stereocenters. The number of rotatable bonds is 4. The van der Waals surface area contributed by atoms with Crippen molar-refractivity contribution in [2.45, 2.75) is 44.7 Å². The van der Waals surface area contributed by atoms with Crippen LogP contribution in [0.5, 0.6) is 0 Å². The minimum absolute atomic E-state index is 0.0116. The normalized spacial score (nSPS) is 20.9. The van der Waals surface area contributed by atoms with Crippen LogP contribution in [0.4, 0.5) is 4.79 Å². The quantitative estimate of drug-likeness (QED) is 0.848. The Hall–Kier alpha value is -1.89. The second kappa shape index (κ2) is 6.31. The Morgan fingerprint density at radius 2 is 2.04 bits per heavy atom. The van der Waals surface area contributed by atoms with Gasteiger partial charge in [0.25, 0.3) is 5.91 Å². The monoisotopic (exact) mass is 335 g/mol. The lowest BCUT2D eigenvalue weighted by Gasteiger charge is -2.16. The highest BCUT2D eigenvalue weighted by Crippen LogP contribution is 2.30. The molecule has 1 aromatic heterocycles. The molecule has 7 heteroatoms. The van der Waals surface area contributed by atoms with E-state index >= 15 is 0 Å². The molecule has 1 aromatic rings. The number of carbonyl (C=O) groups excluding carboxylic acids is 3. The van der Waals surface area contributed by atoms with Gasteiger partial charge in [-0.05, 0) is 42.2 Å². The molecule has 6 nitrogen and oxygen atoms in total. The van der Waals surface area contributed by atoms with Gasteiger partial charge in [-0.15, -0.1) is 11.3 Å². The van der Waals surface area contributed by atoms with Gasteiger partial charge in [-0.25, -0.2) is 4.79 Å². The van der Waals surface area contributed by atoms with E-state index in [-0.39, 0.29) is 24.3 Å². The molecular weight excluding hydrogens is 314 g/mol. The van der Waals surface area contributed by atoms with Crippen molar-refractivity contribution < 1.29 is 14.4 Å². The molecule has 1 atom stereocenters. The molecule has 0 spiro atoms. The second-order valence-electron chi connectivity index (χ2n) is 6.16. The van der Waals surface area contributed by atoms with E-state index in [9.17, 15) is 14.4 Å². The number of carbonyl (C=O) groups is 3. The first-order valence-electron chi connectivity index (χ1n) is 7.88. The molecular formula is C16H21N3O3S. The van der Waals surface area contributed by atoms with E-state index in [0.29, 0.717) is 6.54 Å². The van der Waals surface area contributed by atoms with Crippen LogP contribution in [-0.2, 0) is 29.0 Å². The van der Waals surface area contributed by atoms with Gasteiger partial charge in [-0.3, -0.25) is 14.5 Å². The van der Waals surface area contributed by atoms with Crippen LogP contribution in [0, 0.1) is 0 Å². The van der Waals surface area contributed by atoms with Crippen LogP contribution < -0.4 is 5.32 Å². The number of likely N-dealkylation sites (N-methyl/N-ethyl adjacent to an activating group) is 2. The number of urea groups is 1. The first-order valence-corrected chi connectivity index (χ1v) is 8.76. The van der Waals surface area contributed by atoms with Crippen LogP contribution >= 0.6 is 11.3 Å². The molecule has 124 valence electrons. The van der Waals surface area contributed by atoms with Gasteiger partial charge in [0, 0.05) is 25.5 Å². The fraction of sp³-hybridized carbons (Fsp3) is 0.562. The predicted molar refractivity (Wildman–Crippen MR) is 87.1 cm³/mol. The Bertz CT molecular complexity index is 655. The highest BCUT2D eigenvalue weighted by Gasteiger charge is 2.41. The third kappa shape index (κ3) is 2.97. The number of aryl methyl sites for hydroxylation is 1. The standard InChI is InChI=1S/C16H21N3O3S/c1-18-12(15(21)19(2)16(18)22)7-14(20)17-8-10-9-23-13-6-4-3-5-11(10)13/h9,12H,3-8H2,1-2H3,(H,17,20)/t12-/m1/s1. The summed E-state index contributed by atoms with van der Waals surface area (Å²) in [4.78, 5) is 39.7. The average Bonchev–Trinajstić information content (AvgIpc) is 3.04. The van der Waals surface area contributed by atoms with Crippen molar-refractivity contribution in [3.63, 3.8) is 0 Å². The van der Waals surface area contributed by atoms with E-state index in [4.69, 9.17) is 0 Å².